The fourth-order valence-electron chi connectivity index (χ4n) is 4.06. The number of hydrogen-bond acceptors (Lipinski definition) is 1. The van der Waals surface area contributed by atoms with Gasteiger partial charge in [0, 0.05) is 6.54 Å². The van der Waals surface area contributed by atoms with E-state index in [1.54, 1.807) is 6.07 Å². The van der Waals surface area contributed by atoms with Crippen LogP contribution in [0.15, 0.2) is 42.5 Å². The van der Waals surface area contributed by atoms with Crippen LogP contribution in [0, 0.1) is 0 Å². The molecule has 1 fully saturated rings. The Kier molecular flexibility index (Phi) is 3.52. The van der Waals surface area contributed by atoms with Crippen molar-refractivity contribution >= 4 is 6.09 Å². The Morgan fingerprint density at radius 2 is 1.84 bits per heavy atom. The molecule has 25 heavy (non-hydrogen) atoms. The Balaban J connectivity index is 1.76. The minimum atomic E-state index is -4.39. The molecule has 2 aromatic rings. The molecule has 2 aromatic carbocycles. The van der Waals surface area contributed by atoms with Crippen molar-refractivity contribution in [1.29, 1.82) is 0 Å². The minimum absolute atomic E-state index is 0.197. The molecule has 0 radical (unpaired) electrons. The lowest BCUT2D eigenvalue weighted by Crippen LogP contribution is -2.36. The average molecular weight is 347 g/mol. The molecule has 4 rings (SSSR count). The predicted octanol–water partition coefficient (Wildman–Crippen LogP) is 5.28. The average Bonchev–Trinajstić information content (AvgIpc) is 2.86. The Hall–Kier alpha value is -2.50. The second-order valence-electron chi connectivity index (χ2n) is 6.64. The number of fused-ring (bicyclic) bond motifs is 5. The van der Waals surface area contributed by atoms with Gasteiger partial charge in [-0.2, -0.15) is 13.2 Å². The van der Waals surface area contributed by atoms with Crippen molar-refractivity contribution < 1.29 is 23.1 Å². The molecular weight excluding hydrogens is 331 g/mol. The molecule has 1 aliphatic heterocycles. The fraction of sp³-hybridized carbons (Fsp3) is 0.316. The van der Waals surface area contributed by atoms with Gasteiger partial charge in [0.25, 0.3) is 0 Å². The number of piperidine rings is 1. The molecule has 1 saturated heterocycles. The monoisotopic (exact) mass is 347 g/mol. The zero-order valence-corrected chi connectivity index (χ0v) is 13.3. The van der Waals surface area contributed by atoms with Crippen molar-refractivity contribution in [3.8, 4) is 11.1 Å². The highest BCUT2D eigenvalue weighted by molar-refractivity contribution is 5.70. The van der Waals surface area contributed by atoms with Crippen molar-refractivity contribution in [2.75, 3.05) is 6.54 Å². The molecule has 1 aliphatic carbocycles. The van der Waals surface area contributed by atoms with E-state index in [0.29, 0.717) is 23.6 Å². The molecule has 2 aliphatic rings. The standard InChI is InChI=1S/C19H16F3NO2/c20-19(21,22)14-3-1-2-11(8-14)12-4-5-15-13-6-7-23(18(24)25)17(10-13)16(15)9-12/h1-5,8-9,13,17H,6-7,10H2,(H,24,25)/t13-,17+/m1/s1. The molecule has 1 heterocycles. The number of benzene rings is 2. The number of likely N-dealkylation sites (tertiary alicyclic amines) is 1. The summed E-state index contributed by atoms with van der Waals surface area (Å²) in [5, 5.41) is 9.40. The van der Waals surface area contributed by atoms with E-state index in [1.807, 2.05) is 18.2 Å². The van der Waals surface area contributed by atoms with Gasteiger partial charge in [0.2, 0.25) is 0 Å². The lowest BCUT2D eigenvalue weighted by Gasteiger charge is -2.31. The highest BCUT2D eigenvalue weighted by Gasteiger charge is 2.41. The molecule has 1 N–H and O–H groups in total. The molecule has 3 nitrogen and oxygen atoms in total. The van der Waals surface area contributed by atoms with E-state index in [0.717, 1.165) is 36.1 Å². The molecule has 0 saturated carbocycles. The van der Waals surface area contributed by atoms with Crippen molar-refractivity contribution in [2.45, 2.75) is 31.0 Å². The van der Waals surface area contributed by atoms with Crippen molar-refractivity contribution in [2.24, 2.45) is 0 Å². The maximum absolute atomic E-state index is 12.9. The normalized spacial score (nSPS) is 22.0. The first-order valence-corrected chi connectivity index (χ1v) is 8.15. The number of hydrogen-bond donors (Lipinski definition) is 1. The zero-order valence-electron chi connectivity index (χ0n) is 13.3. The summed E-state index contributed by atoms with van der Waals surface area (Å²) in [4.78, 5) is 12.9. The molecule has 130 valence electrons. The number of nitrogens with zero attached hydrogens (tertiary/aromatic N) is 1. The second-order valence-corrected chi connectivity index (χ2v) is 6.64. The Labute approximate surface area is 142 Å². The topological polar surface area (TPSA) is 40.5 Å². The minimum Gasteiger partial charge on any atom is -0.465 e. The van der Waals surface area contributed by atoms with Gasteiger partial charge in [0.1, 0.15) is 0 Å². The van der Waals surface area contributed by atoms with Crippen molar-refractivity contribution in [1.82, 2.24) is 4.90 Å². The molecule has 0 aromatic heterocycles. The lowest BCUT2D eigenvalue weighted by molar-refractivity contribution is -0.137. The van der Waals surface area contributed by atoms with E-state index in [-0.39, 0.29) is 6.04 Å². The number of amides is 1. The molecule has 0 spiro atoms. The van der Waals surface area contributed by atoms with E-state index >= 15 is 0 Å². The van der Waals surface area contributed by atoms with Gasteiger partial charge in [-0.1, -0.05) is 24.3 Å². The fourth-order valence-corrected chi connectivity index (χ4v) is 4.06. The summed E-state index contributed by atoms with van der Waals surface area (Å²) in [5.74, 6) is 0.339. The molecular formula is C19H16F3NO2. The van der Waals surface area contributed by atoms with Crippen LogP contribution in [-0.2, 0) is 6.18 Å². The van der Waals surface area contributed by atoms with Crippen LogP contribution in [0.25, 0.3) is 11.1 Å². The highest BCUT2D eigenvalue weighted by Crippen LogP contribution is 2.49. The van der Waals surface area contributed by atoms with Gasteiger partial charge in [0.05, 0.1) is 11.6 Å². The van der Waals surface area contributed by atoms with E-state index in [4.69, 9.17) is 0 Å². The summed E-state index contributed by atoms with van der Waals surface area (Å²) in [5.41, 5.74) is 2.55. The van der Waals surface area contributed by atoms with E-state index < -0.39 is 17.8 Å². The highest BCUT2D eigenvalue weighted by atomic mass is 19.4. The first kappa shape index (κ1) is 16.0. The number of halogens is 3. The summed E-state index contributed by atoms with van der Waals surface area (Å²) >= 11 is 0. The summed E-state index contributed by atoms with van der Waals surface area (Å²) in [6.45, 7) is 0.498. The van der Waals surface area contributed by atoms with Gasteiger partial charge in [0.15, 0.2) is 0 Å². The van der Waals surface area contributed by atoms with Gasteiger partial charge >= 0.3 is 12.3 Å². The second kappa shape index (κ2) is 5.51. The molecule has 2 atom stereocenters. The van der Waals surface area contributed by atoms with Crippen LogP contribution < -0.4 is 0 Å². The summed E-state index contributed by atoms with van der Waals surface area (Å²) in [7, 11) is 0. The van der Waals surface area contributed by atoms with Crippen LogP contribution in [0.4, 0.5) is 18.0 Å². The van der Waals surface area contributed by atoms with E-state index in [1.165, 1.54) is 11.0 Å². The number of rotatable bonds is 1. The molecule has 0 unspecified atom stereocenters. The third-order valence-corrected chi connectivity index (χ3v) is 5.26. The maximum atomic E-state index is 12.9. The van der Waals surface area contributed by atoms with Crippen molar-refractivity contribution in [3.05, 3.63) is 59.2 Å². The predicted molar refractivity (Wildman–Crippen MR) is 86.3 cm³/mol. The van der Waals surface area contributed by atoms with Crippen LogP contribution in [0.2, 0.25) is 0 Å². The molecule has 2 bridgehead atoms. The number of carboxylic acid groups (broad SMARTS) is 1. The first-order chi connectivity index (χ1) is 11.8. The van der Waals surface area contributed by atoms with Crippen LogP contribution in [0.1, 0.15) is 41.5 Å². The Morgan fingerprint density at radius 1 is 1.08 bits per heavy atom. The maximum Gasteiger partial charge on any atom is 0.416 e. The van der Waals surface area contributed by atoms with Gasteiger partial charge in [-0.15, -0.1) is 0 Å². The third kappa shape index (κ3) is 2.65. The van der Waals surface area contributed by atoms with Crippen LogP contribution in [0.3, 0.4) is 0 Å². The lowest BCUT2D eigenvalue weighted by atomic mass is 9.94. The summed E-state index contributed by atoms with van der Waals surface area (Å²) < 4.78 is 38.8. The summed E-state index contributed by atoms with van der Waals surface area (Å²) in [6, 6.07) is 10.7. The quantitative estimate of drug-likeness (QED) is 0.762. The van der Waals surface area contributed by atoms with Crippen LogP contribution >= 0.6 is 0 Å². The van der Waals surface area contributed by atoms with Gasteiger partial charge in [-0.3, -0.25) is 0 Å². The van der Waals surface area contributed by atoms with E-state index in [2.05, 4.69) is 0 Å². The molecule has 1 amide bonds. The summed E-state index contributed by atoms with van der Waals surface area (Å²) in [6.07, 6.45) is -3.78. The third-order valence-electron chi connectivity index (χ3n) is 5.26. The first-order valence-electron chi connectivity index (χ1n) is 8.15. The van der Waals surface area contributed by atoms with Crippen LogP contribution in [0.5, 0.6) is 0 Å². The van der Waals surface area contributed by atoms with Gasteiger partial charge < -0.3 is 10.0 Å². The van der Waals surface area contributed by atoms with Gasteiger partial charge in [-0.05, 0) is 59.2 Å². The molecule has 6 heteroatoms. The smallest absolute Gasteiger partial charge is 0.416 e. The zero-order chi connectivity index (χ0) is 17.8. The van der Waals surface area contributed by atoms with E-state index in [9.17, 15) is 23.1 Å². The largest absolute Gasteiger partial charge is 0.465 e. The Bertz CT molecular complexity index is 847. The Morgan fingerprint density at radius 3 is 2.56 bits per heavy atom. The number of carbonyl (C=O) groups is 1. The van der Waals surface area contributed by atoms with Crippen LogP contribution in [-0.4, -0.2) is 22.6 Å². The number of alkyl halides is 3. The van der Waals surface area contributed by atoms with Gasteiger partial charge in [-0.25, -0.2) is 4.79 Å². The van der Waals surface area contributed by atoms with Crippen molar-refractivity contribution in [3.63, 3.8) is 0 Å². The SMILES string of the molecule is O=C(O)N1CC[C@@H]2C[C@H]1c1cc(-c3cccc(C(F)(F)F)c3)ccc12.